The van der Waals surface area contributed by atoms with E-state index in [2.05, 4.69) is 18.7 Å². The maximum atomic E-state index is 11.6. The van der Waals surface area contributed by atoms with Gasteiger partial charge in [0.1, 0.15) is 6.61 Å². The van der Waals surface area contributed by atoms with Gasteiger partial charge in [0, 0.05) is 22.7 Å². The molecule has 20 heavy (non-hydrogen) atoms. The first-order chi connectivity index (χ1) is 9.56. The summed E-state index contributed by atoms with van der Waals surface area (Å²) in [7, 11) is 0. The first-order valence-corrected chi connectivity index (χ1v) is 7.34. The molecule has 0 spiro atoms. The molecular formula is C15H19Cl2NO2. The highest BCUT2D eigenvalue weighted by Crippen LogP contribution is 2.21. The molecule has 0 saturated heterocycles. The Morgan fingerprint density at radius 3 is 2.60 bits per heavy atom. The van der Waals surface area contributed by atoms with Crippen LogP contribution in [0.1, 0.15) is 19.4 Å². The molecule has 0 bridgehead atoms. The summed E-state index contributed by atoms with van der Waals surface area (Å²) in [6.07, 6.45) is 3.00. The second kappa shape index (κ2) is 9.01. The normalized spacial score (nSPS) is 11.2. The first kappa shape index (κ1) is 17.0. The van der Waals surface area contributed by atoms with E-state index in [0.29, 0.717) is 16.7 Å². The Kier molecular flexibility index (Phi) is 7.67. The van der Waals surface area contributed by atoms with E-state index < -0.39 is 0 Å². The molecule has 0 saturated carbocycles. The molecule has 0 radical (unpaired) electrons. The number of nitrogens with zero attached hydrogens (tertiary/aromatic N) is 1. The van der Waals surface area contributed by atoms with Gasteiger partial charge in [-0.15, -0.1) is 0 Å². The number of hydrogen-bond donors (Lipinski definition) is 0. The molecule has 1 aromatic carbocycles. The molecule has 0 aliphatic heterocycles. The van der Waals surface area contributed by atoms with E-state index >= 15 is 0 Å². The van der Waals surface area contributed by atoms with Crippen molar-refractivity contribution in [1.29, 1.82) is 0 Å². The maximum absolute atomic E-state index is 11.6. The molecule has 0 N–H and O–H groups in total. The van der Waals surface area contributed by atoms with Gasteiger partial charge in [-0.05, 0) is 36.9 Å². The van der Waals surface area contributed by atoms with Crippen molar-refractivity contribution < 1.29 is 9.53 Å². The van der Waals surface area contributed by atoms with Crippen LogP contribution in [0.15, 0.2) is 24.3 Å². The Bertz CT molecular complexity index is 471. The summed E-state index contributed by atoms with van der Waals surface area (Å²) in [5, 5.41) is 1.07. The fourth-order valence-corrected chi connectivity index (χ4v) is 2.13. The molecule has 0 fully saturated rings. The van der Waals surface area contributed by atoms with Gasteiger partial charge in [-0.2, -0.15) is 0 Å². The highest BCUT2D eigenvalue weighted by atomic mass is 35.5. The van der Waals surface area contributed by atoms with Gasteiger partial charge in [0.05, 0.1) is 0 Å². The molecule has 1 aromatic rings. The summed E-state index contributed by atoms with van der Waals surface area (Å²) < 4.78 is 5.12. The van der Waals surface area contributed by atoms with E-state index in [-0.39, 0.29) is 5.97 Å². The summed E-state index contributed by atoms with van der Waals surface area (Å²) in [5.41, 5.74) is 0.733. The van der Waals surface area contributed by atoms with Gasteiger partial charge in [-0.25, -0.2) is 4.79 Å². The Labute approximate surface area is 130 Å². The van der Waals surface area contributed by atoms with Gasteiger partial charge >= 0.3 is 5.97 Å². The number of carbonyl (C=O) groups is 1. The van der Waals surface area contributed by atoms with Gasteiger partial charge in [0.2, 0.25) is 0 Å². The van der Waals surface area contributed by atoms with E-state index in [1.807, 2.05) is 0 Å². The van der Waals surface area contributed by atoms with Crippen molar-refractivity contribution in [2.45, 2.75) is 13.8 Å². The second-order valence-electron chi connectivity index (χ2n) is 4.19. The SMILES string of the molecule is CCN(CC)CCOC(=O)C=Cc1ccc(Cl)cc1Cl. The van der Waals surface area contributed by atoms with E-state index in [9.17, 15) is 4.79 Å². The zero-order chi connectivity index (χ0) is 15.0. The van der Waals surface area contributed by atoms with Crippen LogP contribution >= 0.6 is 23.2 Å². The Balaban J connectivity index is 2.43. The first-order valence-electron chi connectivity index (χ1n) is 6.59. The highest BCUT2D eigenvalue weighted by molar-refractivity contribution is 6.35. The maximum Gasteiger partial charge on any atom is 0.330 e. The molecule has 0 amide bonds. The third-order valence-electron chi connectivity index (χ3n) is 2.91. The lowest BCUT2D eigenvalue weighted by atomic mass is 10.2. The minimum Gasteiger partial charge on any atom is -0.461 e. The molecule has 110 valence electrons. The summed E-state index contributed by atoms with van der Waals surface area (Å²) in [6, 6.07) is 5.11. The third kappa shape index (κ3) is 5.95. The number of rotatable bonds is 7. The number of ether oxygens (including phenoxy) is 1. The summed E-state index contributed by atoms with van der Waals surface area (Å²) in [5.74, 6) is -0.372. The number of carbonyl (C=O) groups excluding carboxylic acids is 1. The average Bonchev–Trinajstić information content (AvgIpc) is 2.42. The van der Waals surface area contributed by atoms with Crippen LogP contribution in [0.3, 0.4) is 0 Å². The molecule has 1 rings (SSSR count). The van der Waals surface area contributed by atoms with Crippen LogP contribution in [0.25, 0.3) is 6.08 Å². The molecular weight excluding hydrogens is 297 g/mol. The van der Waals surface area contributed by atoms with Crippen molar-refractivity contribution in [1.82, 2.24) is 4.90 Å². The molecule has 0 aliphatic rings. The number of benzene rings is 1. The van der Waals surface area contributed by atoms with Crippen molar-refractivity contribution in [2.75, 3.05) is 26.2 Å². The fourth-order valence-electron chi connectivity index (χ4n) is 1.66. The monoisotopic (exact) mass is 315 g/mol. The van der Waals surface area contributed by atoms with Crippen molar-refractivity contribution in [3.63, 3.8) is 0 Å². The molecule has 0 unspecified atom stereocenters. The van der Waals surface area contributed by atoms with Crippen molar-refractivity contribution in [3.8, 4) is 0 Å². The minimum absolute atomic E-state index is 0.372. The standard InChI is InChI=1S/C15H19Cl2NO2/c1-3-18(4-2)9-10-20-15(19)8-6-12-5-7-13(16)11-14(12)17/h5-8,11H,3-4,9-10H2,1-2H3. The number of hydrogen-bond acceptors (Lipinski definition) is 3. The smallest absolute Gasteiger partial charge is 0.330 e. The van der Waals surface area contributed by atoms with Crippen molar-refractivity contribution in [2.24, 2.45) is 0 Å². The Hall–Kier alpha value is -1.03. The number of esters is 1. The molecule has 5 heteroatoms. The lowest BCUT2D eigenvalue weighted by Crippen LogP contribution is -2.27. The molecule has 0 heterocycles. The Morgan fingerprint density at radius 1 is 1.30 bits per heavy atom. The van der Waals surface area contributed by atoms with E-state index in [4.69, 9.17) is 27.9 Å². The van der Waals surface area contributed by atoms with Crippen LogP contribution < -0.4 is 0 Å². The predicted octanol–water partition coefficient (Wildman–Crippen LogP) is 3.89. The van der Waals surface area contributed by atoms with Crippen molar-refractivity contribution >= 4 is 35.2 Å². The zero-order valence-electron chi connectivity index (χ0n) is 11.7. The lowest BCUT2D eigenvalue weighted by Gasteiger charge is -2.16. The summed E-state index contributed by atoms with van der Waals surface area (Å²) in [6.45, 7) is 7.18. The van der Waals surface area contributed by atoms with Crippen LogP contribution in [0.4, 0.5) is 0 Å². The molecule has 3 nitrogen and oxygen atoms in total. The second-order valence-corrected chi connectivity index (χ2v) is 5.04. The fraction of sp³-hybridized carbons (Fsp3) is 0.400. The highest BCUT2D eigenvalue weighted by Gasteiger charge is 2.02. The van der Waals surface area contributed by atoms with Crippen molar-refractivity contribution in [3.05, 3.63) is 39.9 Å². The predicted molar refractivity (Wildman–Crippen MR) is 84.2 cm³/mol. The van der Waals surface area contributed by atoms with Crippen LogP contribution in [-0.4, -0.2) is 37.1 Å². The van der Waals surface area contributed by atoms with Crippen LogP contribution in [0, 0.1) is 0 Å². The summed E-state index contributed by atoms with van der Waals surface area (Å²) in [4.78, 5) is 13.7. The largest absolute Gasteiger partial charge is 0.461 e. The van der Waals surface area contributed by atoms with Gasteiger partial charge < -0.3 is 9.64 Å². The van der Waals surface area contributed by atoms with E-state index in [0.717, 1.165) is 25.2 Å². The molecule has 0 atom stereocenters. The lowest BCUT2D eigenvalue weighted by molar-refractivity contribution is -0.138. The van der Waals surface area contributed by atoms with Crippen LogP contribution in [0.2, 0.25) is 10.0 Å². The number of likely N-dealkylation sites (N-methyl/N-ethyl adjacent to an activating group) is 1. The van der Waals surface area contributed by atoms with Gasteiger partial charge in [0.15, 0.2) is 0 Å². The van der Waals surface area contributed by atoms with Crippen LogP contribution in [0.5, 0.6) is 0 Å². The van der Waals surface area contributed by atoms with Gasteiger partial charge in [-0.3, -0.25) is 0 Å². The van der Waals surface area contributed by atoms with Gasteiger partial charge in [-0.1, -0.05) is 43.1 Å². The Morgan fingerprint density at radius 2 is 2.00 bits per heavy atom. The minimum atomic E-state index is -0.372. The average molecular weight is 316 g/mol. The topological polar surface area (TPSA) is 29.5 Å². The van der Waals surface area contributed by atoms with Crippen LogP contribution in [-0.2, 0) is 9.53 Å². The van der Waals surface area contributed by atoms with E-state index in [1.54, 1.807) is 24.3 Å². The summed E-state index contributed by atoms with van der Waals surface area (Å²) >= 11 is 11.8. The molecule has 0 aromatic heterocycles. The quantitative estimate of drug-likeness (QED) is 0.564. The third-order valence-corrected chi connectivity index (χ3v) is 3.47. The zero-order valence-corrected chi connectivity index (χ0v) is 13.2. The molecule has 0 aliphatic carbocycles. The number of halogens is 2. The van der Waals surface area contributed by atoms with Gasteiger partial charge in [0.25, 0.3) is 0 Å². The van der Waals surface area contributed by atoms with E-state index in [1.165, 1.54) is 6.08 Å².